The average Bonchev–Trinajstić information content (AvgIpc) is 2.42. The summed E-state index contributed by atoms with van der Waals surface area (Å²) in [4.78, 5) is 2.71. The van der Waals surface area contributed by atoms with E-state index in [0.717, 1.165) is 25.4 Å². The zero-order chi connectivity index (χ0) is 14.6. The Kier molecular flexibility index (Phi) is 5.22. The molecular formula is C18H30N2. The number of hydrogen-bond acceptors (Lipinski definition) is 2. The van der Waals surface area contributed by atoms with Crippen molar-refractivity contribution in [3.63, 3.8) is 0 Å². The van der Waals surface area contributed by atoms with Crippen LogP contribution >= 0.6 is 0 Å². The fraction of sp³-hybridized carbons (Fsp3) is 0.667. The van der Waals surface area contributed by atoms with Crippen LogP contribution in [0.25, 0.3) is 0 Å². The molecule has 0 aromatic heterocycles. The van der Waals surface area contributed by atoms with Crippen LogP contribution in [0.5, 0.6) is 0 Å². The summed E-state index contributed by atoms with van der Waals surface area (Å²) < 4.78 is 0. The van der Waals surface area contributed by atoms with Gasteiger partial charge in [0.25, 0.3) is 0 Å². The summed E-state index contributed by atoms with van der Waals surface area (Å²) in [5, 5.41) is 3.71. The van der Waals surface area contributed by atoms with E-state index in [1.807, 2.05) is 0 Å². The van der Waals surface area contributed by atoms with Gasteiger partial charge in [0.1, 0.15) is 0 Å². The van der Waals surface area contributed by atoms with Crippen molar-refractivity contribution >= 4 is 0 Å². The number of benzene rings is 1. The lowest BCUT2D eigenvalue weighted by molar-refractivity contribution is 0.0807. The highest BCUT2D eigenvalue weighted by Gasteiger charge is 2.32. The van der Waals surface area contributed by atoms with Crippen molar-refractivity contribution in [3.05, 3.63) is 35.9 Å². The molecule has 2 rings (SSSR count). The van der Waals surface area contributed by atoms with E-state index in [1.54, 1.807) is 0 Å². The lowest BCUT2D eigenvalue weighted by Gasteiger charge is -2.45. The van der Waals surface area contributed by atoms with Crippen LogP contribution < -0.4 is 5.32 Å². The zero-order valence-electron chi connectivity index (χ0n) is 13.5. The first-order valence-corrected chi connectivity index (χ1v) is 8.03. The molecule has 2 unspecified atom stereocenters. The van der Waals surface area contributed by atoms with E-state index in [0.29, 0.717) is 6.04 Å². The Morgan fingerprint density at radius 1 is 1.30 bits per heavy atom. The Bertz CT molecular complexity index is 399. The van der Waals surface area contributed by atoms with Crippen molar-refractivity contribution in [2.45, 2.75) is 52.1 Å². The molecule has 1 aromatic rings. The van der Waals surface area contributed by atoms with Crippen LogP contribution in [0.4, 0.5) is 0 Å². The van der Waals surface area contributed by atoms with Crippen LogP contribution in [0.15, 0.2) is 30.3 Å². The highest BCUT2D eigenvalue weighted by molar-refractivity contribution is 5.16. The first-order chi connectivity index (χ1) is 9.50. The largest absolute Gasteiger partial charge is 0.309 e. The SMILES string of the molecule is CCC(C)CN1CC(C)(C)NCC1Cc1ccccc1. The van der Waals surface area contributed by atoms with Gasteiger partial charge in [-0.2, -0.15) is 0 Å². The van der Waals surface area contributed by atoms with Gasteiger partial charge in [0.15, 0.2) is 0 Å². The third-order valence-electron chi connectivity index (χ3n) is 4.49. The van der Waals surface area contributed by atoms with Crippen molar-refractivity contribution in [1.29, 1.82) is 0 Å². The van der Waals surface area contributed by atoms with Gasteiger partial charge in [0.05, 0.1) is 0 Å². The van der Waals surface area contributed by atoms with Gasteiger partial charge in [-0.3, -0.25) is 4.90 Å². The minimum Gasteiger partial charge on any atom is -0.309 e. The van der Waals surface area contributed by atoms with Gasteiger partial charge in [-0.25, -0.2) is 0 Å². The van der Waals surface area contributed by atoms with Crippen molar-refractivity contribution in [2.75, 3.05) is 19.6 Å². The fourth-order valence-electron chi connectivity index (χ4n) is 3.05. The highest BCUT2D eigenvalue weighted by atomic mass is 15.2. The normalized spacial score (nSPS) is 24.5. The molecule has 1 aliphatic rings. The maximum Gasteiger partial charge on any atom is 0.0262 e. The van der Waals surface area contributed by atoms with Gasteiger partial charge in [-0.05, 0) is 31.7 Å². The van der Waals surface area contributed by atoms with E-state index in [-0.39, 0.29) is 5.54 Å². The van der Waals surface area contributed by atoms with Crippen LogP contribution in [0, 0.1) is 5.92 Å². The van der Waals surface area contributed by atoms with Crippen LogP contribution in [0.3, 0.4) is 0 Å². The predicted molar refractivity (Wildman–Crippen MR) is 87.0 cm³/mol. The Balaban J connectivity index is 2.04. The molecule has 1 heterocycles. The summed E-state index contributed by atoms with van der Waals surface area (Å²) in [5.41, 5.74) is 1.69. The molecule has 1 fully saturated rings. The lowest BCUT2D eigenvalue weighted by Crippen LogP contribution is -2.62. The second-order valence-electron chi connectivity index (χ2n) is 7.05. The molecular weight excluding hydrogens is 244 g/mol. The summed E-state index contributed by atoms with van der Waals surface area (Å²) in [6.45, 7) is 12.8. The first-order valence-electron chi connectivity index (χ1n) is 8.03. The van der Waals surface area contributed by atoms with Crippen molar-refractivity contribution in [2.24, 2.45) is 5.92 Å². The Hall–Kier alpha value is -0.860. The molecule has 0 spiro atoms. The monoisotopic (exact) mass is 274 g/mol. The van der Waals surface area contributed by atoms with Crippen LogP contribution in [0.1, 0.15) is 39.7 Å². The third-order valence-corrected chi connectivity index (χ3v) is 4.49. The molecule has 2 heteroatoms. The zero-order valence-corrected chi connectivity index (χ0v) is 13.5. The second-order valence-corrected chi connectivity index (χ2v) is 7.05. The minimum absolute atomic E-state index is 0.237. The van der Waals surface area contributed by atoms with Gasteiger partial charge >= 0.3 is 0 Å². The molecule has 2 nitrogen and oxygen atoms in total. The highest BCUT2D eigenvalue weighted by Crippen LogP contribution is 2.20. The number of piperazine rings is 1. The minimum atomic E-state index is 0.237. The van der Waals surface area contributed by atoms with Crippen LogP contribution in [-0.2, 0) is 6.42 Å². The lowest BCUT2D eigenvalue weighted by atomic mass is 9.93. The molecule has 2 atom stereocenters. The molecule has 0 radical (unpaired) electrons. The number of nitrogens with one attached hydrogen (secondary N) is 1. The van der Waals surface area contributed by atoms with Gasteiger partial charge in [-0.15, -0.1) is 0 Å². The average molecular weight is 274 g/mol. The van der Waals surface area contributed by atoms with Crippen LogP contribution in [-0.4, -0.2) is 36.1 Å². The Labute approximate surface area is 124 Å². The molecule has 1 saturated heterocycles. The van der Waals surface area contributed by atoms with Gasteiger partial charge < -0.3 is 5.32 Å². The molecule has 0 saturated carbocycles. The topological polar surface area (TPSA) is 15.3 Å². The number of nitrogens with zero attached hydrogens (tertiary/aromatic N) is 1. The van der Waals surface area contributed by atoms with E-state index >= 15 is 0 Å². The smallest absolute Gasteiger partial charge is 0.0262 e. The fourth-order valence-corrected chi connectivity index (χ4v) is 3.05. The van der Waals surface area contributed by atoms with E-state index in [4.69, 9.17) is 0 Å². The molecule has 0 bridgehead atoms. The first kappa shape index (κ1) is 15.5. The van der Waals surface area contributed by atoms with Gasteiger partial charge in [0.2, 0.25) is 0 Å². The molecule has 1 aromatic carbocycles. The van der Waals surface area contributed by atoms with E-state index in [2.05, 4.69) is 68.2 Å². The third kappa shape index (κ3) is 4.32. The predicted octanol–water partition coefficient (Wildman–Crippen LogP) is 3.33. The van der Waals surface area contributed by atoms with Gasteiger partial charge in [-0.1, -0.05) is 50.6 Å². The summed E-state index contributed by atoms with van der Waals surface area (Å²) >= 11 is 0. The summed E-state index contributed by atoms with van der Waals surface area (Å²) in [6.07, 6.45) is 2.42. The maximum atomic E-state index is 3.71. The standard InChI is InChI=1S/C18H30N2/c1-5-15(2)13-20-14-18(3,4)19-12-17(20)11-16-9-7-6-8-10-16/h6-10,15,17,19H,5,11-14H2,1-4H3. The number of hydrogen-bond donors (Lipinski definition) is 1. The summed E-state index contributed by atoms with van der Waals surface area (Å²) in [7, 11) is 0. The summed E-state index contributed by atoms with van der Waals surface area (Å²) in [5.74, 6) is 0.780. The van der Waals surface area contributed by atoms with E-state index in [9.17, 15) is 0 Å². The maximum absolute atomic E-state index is 3.71. The van der Waals surface area contributed by atoms with E-state index < -0.39 is 0 Å². The molecule has 0 amide bonds. The Morgan fingerprint density at radius 2 is 2.00 bits per heavy atom. The van der Waals surface area contributed by atoms with Gasteiger partial charge in [0, 0.05) is 31.2 Å². The molecule has 1 N–H and O–H groups in total. The van der Waals surface area contributed by atoms with Crippen molar-refractivity contribution < 1.29 is 0 Å². The molecule has 112 valence electrons. The number of rotatable bonds is 5. The Morgan fingerprint density at radius 3 is 2.65 bits per heavy atom. The van der Waals surface area contributed by atoms with Crippen LogP contribution in [0.2, 0.25) is 0 Å². The second kappa shape index (κ2) is 6.73. The van der Waals surface area contributed by atoms with Crippen molar-refractivity contribution in [3.8, 4) is 0 Å². The summed E-state index contributed by atoms with van der Waals surface area (Å²) in [6, 6.07) is 11.5. The van der Waals surface area contributed by atoms with Crippen molar-refractivity contribution in [1.82, 2.24) is 10.2 Å². The molecule has 0 aliphatic carbocycles. The molecule has 1 aliphatic heterocycles. The molecule has 20 heavy (non-hydrogen) atoms. The van der Waals surface area contributed by atoms with E-state index in [1.165, 1.54) is 18.5 Å². The quantitative estimate of drug-likeness (QED) is 0.886.